The molecule has 0 atom stereocenters. The second-order valence-electron chi connectivity index (χ2n) is 5.74. The topological polar surface area (TPSA) is 43.4 Å². The van der Waals surface area contributed by atoms with Crippen molar-refractivity contribution in [1.29, 1.82) is 0 Å². The lowest BCUT2D eigenvalue weighted by Gasteiger charge is -2.04. The molecule has 0 aliphatic carbocycles. The molecule has 0 spiro atoms. The number of fused-ring (bicyclic) bond motifs is 1. The number of hydrogen-bond acceptors (Lipinski definition) is 3. The van der Waals surface area contributed by atoms with Crippen molar-refractivity contribution in [3.8, 4) is 0 Å². The van der Waals surface area contributed by atoms with E-state index in [-0.39, 0.29) is 6.61 Å². The van der Waals surface area contributed by atoms with Crippen molar-refractivity contribution in [1.82, 2.24) is 0 Å². The van der Waals surface area contributed by atoms with Gasteiger partial charge in [0.25, 0.3) is 0 Å². The van der Waals surface area contributed by atoms with Gasteiger partial charge in [-0.2, -0.15) is 0 Å². The van der Waals surface area contributed by atoms with Gasteiger partial charge in [0, 0.05) is 6.42 Å². The number of hydrogen-bond donors (Lipinski definition) is 0. The number of aryl methyl sites for hydroxylation is 1. The van der Waals surface area contributed by atoms with Crippen LogP contribution in [0.15, 0.2) is 42.5 Å². The van der Waals surface area contributed by atoms with Crippen LogP contribution in [-0.4, -0.2) is 18.4 Å². The Morgan fingerprint density at radius 1 is 0.913 bits per heavy atom. The van der Waals surface area contributed by atoms with Crippen molar-refractivity contribution in [3.63, 3.8) is 0 Å². The first-order chi connectivity index (χ1) is 11.2. The van der Waals surface area contributed by atoms with Gasteiger partial charge in [0.1, 0.15) is 0 Å². The Bertz CT molecular complexity index is 661. The second kappa shape index (κ2) is 9.09. The molecule has 0 aromatic heterocycles. The number of rotatable bonds is 9. The molecule has 2 aromatic rings. The molecule has 0 aliphatic heterocycles. The van der Waals surface area contributed by atoms with E-state index in [0.29, 0.717) is 6.42 Å². The maximum absolute atomic E-state index is 11.4. The molecule has 0 bridgehead atoms. The van der Waals surface area contributed by atoms with E-state index < -0.39 is 11.8 Å². The molecule has 0 radical (unpaired) electrons. The van der Waals surface area contributed by atoms with Crippen LogP contribution in [0.4, 0.5) is 0 Å². The van der Waals surface area contributed by atoms with Crippen LogP contribution in [0, 0.1) is 0 Å². The Hall–Kier alpha value is -2.16. The van der Waals surface area contributed by atoms with Crippen molar-refractivity contribution >= 4 is 22.5 Å². The fourth-order valence-corrected chi connectivity index (χ4v) is 2.68. The molecule has 122 valence electrons. The number of unbranched alkanes of at least 4 members (excludes halogenated alkanes) is 3. The Morgan fingerprint density at radius 3 is 2.43 bits per heavy atom. The van der Waals surface area contributed by atoms with E-state index in [1.165, 1.54) is 16.3 Å². The van der Waals surface area contributed by atoms with Crippen LogP contribution in [0.25, 0.3) is 10.8 Å². The van der Waals surface area contributed by atoms with Gasteiger partial charge in [0.05, 0.1) is 6.61 Å². The first-order valence-electron chi connectivity index (χ1n) is 8.38. The molecule has 23 heavy (non-hydrogen) atoms. The van der Waals surface area contributed by atoms with Crippen molar-refractivity contribution in [2.24, 2.45) is 0 Å². The number of ether oxygens (including phenoxy) is 1. The number of Topliss-reactive ketones (excluding diaryl/α,β-unsaturated/α-hetero) is 1. The molecule has 3 heteroatoms. The number of carbonyl (C=O) groups excluding carboxylic acids is 2. The fraction of sp³-hybridized carbons (Fsp3) is 0.400. The maximum atomic E-state index is 11.4. The molecule has 0 aliphatic rings. The number of ketones is 1. The summed E-state index contributed by atoms with van der Waals surface area (Å²) in [7, 11) is 0. The van der Waals surface area contributed by atoms with E-state index >= 15 is 0 Å². The van der Waals surface area contributed by atoms with Gasteiger partial charge in [0.2, 0.25) is 5.78 Å². The predicted octanol–water partition coefficient (Wildman–Crippen LogP) is 4.47. The highest BCUT2D eigenvalue weighted by atomic mass is 16.5. The van der Waals surface area contributed by atoms with Gasteiger partial charge in [-0.05, 0) is 42.5 Å². The van der Waals surface area contributed by atoms with Gasteiger partial charge in [0.15, 0.2) is 0 Å². The maximum Gasteiger partial charge on any atom is 0.374 e. The summed E-state index contributed by atoms with van der Waals surface area (Å²) in [5, 5.41) is 2.55. The Labute approximate surface area is 137 Å². The summed E-state index contributed by atoms with van der Waals surface area (Å²) in [6.45, 7) is 1.97. The highest BCUT2D eigenvalue weighted by molar-refractivity contribution is 6.33. The van der Waals surface area contributed by atoms with Crippen LogP contribution in [0.3, 0.4) is 0 Å². The Morgan fingerprint density at radius 2 is 1.65 bits per heavy atom. The van der Waals surface area contributed by atoms with Crippen molar-refractivity contribution in [3.05, 3.63) is 48.0 Å². The Balaban J connectivity index is 1.65. The van der Waals surface area contributed by atoms with Gasteiger partial charge < -0.3 is 4.74 Å². The third-order valence-electron chi connectivity index (χ3n) is 3.94. The molecule has 3 nitrogen and oxygen atoms in total. The molecule has 0 unspecified atom stereocenters. The van der Waals surface area contributed by atoms with Crippen LogP contribution in [-0.2, 0) is 20.7 Å². The van der Waals surface area contributed by atoms with Gasteiger partial charge in [-0.3, -0.25) is 4.79 Å². The largest absolute Gasteiger partial charge is 0.460 e. The molecule has 0 N–H and O–H groups in total. The number of carbonyl (C=O) groups is 2. The molecule has 0 saturated heterocycles. The summed E-state index contributed by atoms with van der Waals surface area (Å²) in [6, 6.07) is 15.0. The lowest BCUT2D eigenvalue weighted by Crippen LogP contribution is -2.16. The first-order valence-corrected chi connectivity index (χ1v) is 8.38. The van der Waals surface area contributed by atoms with Gasteiger partial charge in [-0.25, -0.2) is 4.79 Å². The molecule has 2 aromatic carbocycles. The summed E-state index contributed by atoms with van der Waals surface area (Å²) in [4.78, 5) is 22.6. The average molecular weight is 312 g/mol. The zero-order valence-corrected chi connectivity index (χ0v) is 13.7. The van der Waals surface area contributed by atoms with Crippen LogP contribution in [0.2, 0.25) is 0 Å². The quantitative estimate of drug-likeness (QED) is 0.390. The highest BCUT2D eigenvalue weighted by Gasteiger charge is 2.13. The smallest absolute Gasteiger partial charge is 0.374 e. The lowest BCUT2D eigenvalue weighted by atomic mass is 10.0. The fourth-order valence-electron chi connectivity index (χ4n) is 2.68. The SMILES string of the molecule is CCOC(=O)C(=O)CCCCCCc1ccc2ccccc2c1. The minimum atomic E-state index is -0.691. The van der Waals surface area contributed by atoms with E-state index in [1.54, 1.807) is 6.92 Å². The van der Waals surface area contributed by atoms with E-state index in [1.807, 2.05) is 0 Å². The molecule has 0 fully saturated rings. The minimum Gasteiger partial charge on any atom is -0.460 e. The number of esters is 1. The third kappa shape index (κ3) is 5.51. The molecule has 0 saturated carbocycles. The summed E-state index contributed by atoms with van der Waals surface area (Å²) in [5.41, 5.74) is 1.35. The second-order valence-corrected chi connectivity index (χ2v) is 5.74. The minimum absolute atomic E-state index is 0.260. The summed E-state index contributed by atoms with van der Waals surface area (Å²) in [5.74, 6) is -1.09. The molecular formula is C20H24O3. The van der Waals surface area contributed by atoms with E-state index in [0.717, 1.165) is 32.1 Å². The summed E-state index contributed by atoms with van der Waals surface area (Å²) in [6.07, 6.45) is 5.26. The monoisotopic (exact) mass is 312 g/mol. The molecular weight excluding hydrogens is 288 g/mol. The van der Waals surface area contributed by atoms with Gasteiger partial charge >= 0.3 is 5.97 Å². The standard InChI is InChI=1S/C20H24O3/c1-2-23-20(22)19(21)12-6-4-3-5-9-16-13-14-17-10-7-8-11-18(17)15-16/h7-8,10-11,13-15H,2-6,9,12H2,1H3. The van der Waals surface area contributed by atoms with Crippen molar-refractivity contribution < 1.29 is 14.3 Å². The first kappa shape index (κ1) is 17.2. The van der Waals surface area contributed by atoms with Crippen LogP contribution in [0.1, 0.15) is 44.6 Å². The van der Waals surface area contributed by atoms with Crippen LogP contribution >= 0.6 is 0 Å². The molecule has 0 amide bonds. The van der Waals surface area contributed by atoms with Gasteiger partial charge in [-0.1, -0.05) is 55.3 Å². The van der Waals surface area contributed by atoms with Gasteiger partial charge in [-0.15, -0.1) is 0 Å². The Kier molecular flexibility index (Phi) is 6.79. The van der Waals surface area contributed by atoms with E-state index in [2.05, 4.69) is 47.2 Å². The third-order valence-corrected chi connectivity index (χ3v) is 3.94. The summed E-state index contributed by atoms with van der Waals surface area (Å²) < 4.78 is 4.69. The lowest BCUT2D eigenvalue weighted by molar-refractivity contribution is -0.153. The van der Waals surface area contributed by atoms with Crippen LogP contribution in [0.5, 0.6) is 0 Å². The van der Waals surface area contributed by atoms with E-state index in [4.69, 9.17) is 0 Å². The average Bonchev–Trinajstić information content (AvgIpc) is 2.57. The predicted molar refractivity (Wildman–Crippen MR) is 92.4 cm³/mol. The van der Waals surface area contributed by atoms with Crippen molar-refractivity contribution in [2.75, 3.05) is 6.61 Å². The molecule has 0 heterocycles. The number of benzene rings is 2. The van der Waals surface area contributed by atoms with E-state index in [9.17, 15) is 9.59 Å². The summed E-state index contributed by atoms with van der Waals surface area (Å²) >= 11 is 0. The zero-order chi connectivity index (χ0) is 16.5. The highest BCUT2D eigenvalue weighted by Crippen LogP contribution is 2.17. The molecule has 2 rings (SSSR count). The normalized spacial score (nSPS) is 10.7. The van der Waals surface area contributed by atoms with Crippen LogP contribution < -0.4 is 0 Å². The van der Waals surface area contributed by atoms with Crippen molar-refractivity contribution in [2.45, 2.75) is 45.4 Å². The zero-order valence-electron chi connectivity index (χ0n) is 13.7.